The summed E-state index contributed by atoms with van der Waals surface area (Å²) in [6.07, 6.45) is 3.71. The third-order valence-corrected chi connectivity index (χ3v) is 4.23. The monoisotopic (exact) mass is 271 g/mol. The summed E-state index contributed by atoms with van der Waals surface area (Å²) in [4.78, 5) is 1.34. The quantitative estimate of drug-likeness (QED) is 0.601. The van der Waals surface area contributed by atoms with Crippen LogP contribution in [0.5, 0.6) is 0 Å². The van der Waals surface area contributed by atoms with Crippen molar-refractivity contribution in [1.29, 1.82) is 0 Å². The number of nitrogens with two attached hydrogens (primary N) is 1. The Morgan fingerprint density at radius 3 is 2.21 bits per heavy atom. The van der Waals surface area contributed by atoms with E-state index in [1.165, 1.54) is 41.0 Å². The van der Waals surface area contributed by atoms with Crippen molar-refractivity contribution in [2.45, 2.75) is 30.7 Å². The van der Waals surface area contributed by atoms with Crippen molar-refractivity contribution in [3.63, 3.8) is 0 Å². The van der Waals surface area contributed by atoms with Crippen LogP contribution in [0.1, 0.15) is 24.0 Å². The Hall–Kier alpha value is -1.25. The minimum absolute atomic E-state index is 0.627. The zero-order chi connectivity index (χ0) is 13.3. The fourth-order valence-electron chi connectivity index (χ4n) is 1.99. The Labute approximate surface area is 120 Å². The number of hydrogen-bond donors (Lipinski definition) is 1. The summed E-state index contributed by atoms with van der Waals surface area (Å²) in [6.45, 7) is 0.627. The molecule has 0 unspecified atom stereocenters. The molecule has 0 amide bonds. The first kappa shape index (κ1) is 14.2. The van der Waals surface area contributed by atoms with Crippen LogP contribution in [-0.2, 0) is 13.0 Å². The van der Waals surface area contributed by atoms with E-state index in [4.69, 9.17) is 5.73 Å². The highest BCUT2D eigenvalue weighted by atomic mass is 32.2. The maximum atomic E-state index is 5.59. The number of unbranched alkanes of at least 4 members (excludes halogenated alkanes) is 1. The van der Waals surface area contributed by atoms with Crippen molar-refractivity contribution in [1.82, 2.24) is 0 Å². The van der Waals surface area contributed by atoms with Crippen LogP contribution in [-0.4, -0.2) is 5.75 Å². The Balaban J connectivity index is 1.63. The van der Waals surface area contributed by atoms with Crippen LogP contribution >= 0.6 is 11.8 Å². The van der Waals surface area contributed by atoms with E-state index in [1.54, 1.807) is 0 Å². The van der Waals surface area contributed by atoms with Gasteiger partial charge in [-0.3, -0.25) is 0 Å². The van der Waals surface area contributed by atoms with Gasteiger partial charge in [-0.2, -0.15) is 0 Å². The lowest BCUT2D eigenvalue weighted by atomic mass is 10.1. The van der Waals surface area contributed by atoms with Crippen molar-refractivity contribution in [2.24, 2.45) is 5.73 Å². The third-order valence-electron chi connectivity index (χ3n) is 3.13. The number of thioether (sulfide) groups is 1. The number of aryl methyl sites for hydroxylation is 1. The summed E-state index contributed by atoms with van der Waals surface area (Å²) in [5.74, 6) is 1.19. The smallest absolute Gasteiger partial charge is 0.0178 e. The average Bonchev–Trinajstić information content (AvgIpc) is 2.49. The van der Waals surface area contributed by atoms with Gasteiger partial charge in [-0.25, -0.2) is 0 Å². The van der Waals surface area contributed by atoms with Gasteiger partial charge in [0.15, 0.2) is 0 Å². The normalized spacial score (nSPS) is 10.6. The van der Waals surface area contributed by atoms with Gasteiger partial charge < -0.3 is 5.73 Å². The fraction of sp³-hybridized carbons (Fsp3) is 0.294. The van der Waals surface area contributed by atoms with Crippen molar-refractivity contribution < 1.29 is 0 Å². The molecular weight excluding hydrogens is 250 g/mol. The van der Waals surface area contributed by atoms with Gasteiger partial charge in [-0.15, -0.1) is 11.8 Å². The highest BCUT2D eigenvalue weighted by Gasteiger charge is 1.96. The molecule has 0 aromatic heterocycles. The molecule has 0 heterocycles. The van der Waals surface area contributed by atoms with Gasteiger partial charge in [0, 0.05) is 11.4 Å². The Morgan fingerprint density at radius 2 is 1.53 bits per heavy atom. The van der Waals surface area contributed by atoms with Gasteiger partial charge in [0.05, 0.1) is 0 Å². The molecule has 0 bridgehead atoms. The Kier molecular flexibility index (Phi) is 5.99. The number of benzene rings is 2. The predicted molar refractivity (Wildman–Crippen MR) is 84.4 cm³/mol. The summed E-state index contributed by atoms with van der Waals surface area (Å²) >= 11 is 1.93. The summed E-state index contributed by atoms with van der Waals surface area (Å²) in [5, 5.41) is 0. The largest absolute Gasteiger partial charge is 0.326 e. The van der Waals surface area contributed by atoms with Crippen molar-refractivity contribution in [2.75, 3.05) is 5.75 Å². The Morgan fingerprint density at radius 1 is 0.789 bits per heavy atom. The average molecular weight is 271 g/mol. The summed E-state index contributed by atoms with van der Waals surface area (Å²) in [6, 6.07) is 19.3. The molecule has 0 radical (unpaired) electrons. The zero-order valence-electron chi connectivity index (χ0n) is 11.2. The molecule has 0 saturated carbocycles. The standard InChI is InChI=1S/C17H21NS/c18-14-16-9-11-17(12-10-16)19-13-5-4-8-15-6-2-1-3-7-15/h1-3,6-7,9-12H,4-5,8,13-14,18H2. The first-order valence-electron chi connectivity index (χ1n) is 6.84. The summed E-state index contributed by atoms with van der Waals surface area (Å²) in [7, 11) is 0. The highest BCUT2D eigenvalue weighted by molar-refractivity contribution is 7.99. The van der Waals surface area contributed by atoms with E-state index < -0.39 is 0 Å². The maximum absolute atomic E-state index is 5.59. The third kappa shape index (κ3) is 5.09. The van der Waals surface area contributed by atoms with Crippen molar-refractivity contribution in [3.05, 3.63) is 65.7 Å². The molecule has 2 aromatic carbocycles. The number of hydrogen-bond acceptors (Lipinski definition) is 2. The lowest BCUT2D eigenvalue weighted by Crippen LogP contribution is -1.95. The van der Waals surface area contributed by atoms with E-state index in [2.05, 4.69) is 54.6 Å². The molecule has 0 spiro atoms. The molecular formula is C17H21NS. The molecule has 19 heavy (non-hydrogen) atoms. The molecule has 0 fully saturated rings. The fourth-order valence-corrected chi connectivity index (χ4v) is 2.90. The molecule has 0 atom stereocenters. The van der Waals surface area contributed by atoms with Crippen LogP contribution < -0.4 is 5.73 Å². The molecule has 1 nitrogen and oxygen atoms in total. The molecule has 2 heteroatoms. The predicted octanol–water partition coefficient (Wildman–Crippen LogP) is 4.26. The van der Waals surface area contributed by atoms with Gasteiger partial charge in [-0.1, -0.05) is 42.5 Å². The van der Waals surface area contributed by atoms with Gasteiger partial charge in [0.1, 0.15) is 0 Å². The van der Waals surface area contributed by atoms with Crippen LogP contribution in [0.4, 0.5) is 0 Å². The van der Waals surface area contributed by atoms with Crippen LogP contribution in [0.2, 0.25) is 0 Å². The molecule has 0 saturated heterocycles. The van der Waals surface area contributed by atoms with E-state index in [-0.39, 0.29) is 0 Å². The maximum Gasteiger partial charge on any atom is 0.0178 e. The minimum atomic E-state index is 0.627. The van der Waals surface area contributed by atoms with E-state index in [0.29, 0.717) is 6.54 Å². The van der Waals surface area contributed by atoms with Gasteiger partial charge in [-0.05, 0) is 48.3 Å². The van der Waals surface area contributed by atoms with Crippen molar-refractivity contribution in [3.8, 4) is 0 Å². The second-order valence-corrected chi connectivity index (χ2v) is 5.81. The van der Waals surface area contributed by atoms with Gasteiger partial charge in [0.25, 0.3) is 0 Å². The first-order chi connectivity index (χ1) is 9.38. The molecule has 0 aliphatic carbocycles. The van der Waals surface area contributed by atoms with E-state index in [0.717, 1.165) is 0 Å². The lowest BCUT2D eigenvalue weighted by molar-refractivity contribution is 0.802. The molecule has 2 aromatic rings. The zero-order valence-corrected chi connectivity index (χ0v) is 12.0. The van der Waals surface area contributed by atoms with Crippen LogP contribution in [0.25, 0.3) is 0 Å². The first-order valence-corrected chi connectivity index (χ1v) is 7.83. The molecule has 2 N–H and O–H groups in total. The van der Waals surface area contributed by atoms with E-state index in [1.807, 2.05) is 11.8 Å². The number of rotatable bonds is 7. The second kappa shape index (κ2) is 8.03. The second-order valence-electron chi connectivity index (χ2n) is 4.64. The lowest BCUT2D eigenvalue weighted by Gasteiger charge is -2.03. The molecule has 100 valence electrons. The van der Waals surface area contributed by atoms with E-state index in [9.17, 15) is 0 Å². The summed E-state index contributed by atoms with van der Waals surface area (Å²) < 4.78 is 0. The van der Waals surface area contributed by atoms with Crippen LogP contribution in [0.3, 0.4) is 0 Å². The molecule has 2 rings (SSSR count). The van der Waals surface area contributed by atoms with Gasteiger partial charge >= 0.3 is 0 Å². The van der Waals surface area contributed by atoms with Gasteiger partial charge in [0.2, 0.25) is 0 Å². The minimum Gasteiger partial charge on any atom is -0.326 e. The SMILES string of the molecule is NCc1ccc(SCCCCc2ccccc2)cc1. The van der Waals surface area contributed by atoms with Crippen LogP contribution in [0, 0.1) is 0 Å². The van der Waals surface area contributed by atoms with Crippen molar-refractivity contribution >= 4 is 11.8 Å². The molecule has 0 aliphatic rings. The van der Waals surface area contributed by atoms with E-state index >= 15 is 0 Å². The molecule has 0 aliphatic heterocycles. The Bertz CT molecular complexity index is 464. The summed E-state index contributed by atoms with van der Waals surface area (Å²) in [5.41, 5.74) is 8.23. The topological polar surface area (TPSA) is 26.0 Å². The van der Waals surface area contributed by atoms with Crippen LogP contribution in [0.15, 0.2) is 59.5 Å². The highest BCUT2D eigenvalue weighted by Crippen LogP contribution is 2.20.